The molecule has 4 rings (SSSR count). The Bertz CT molecular complexity index is 796. The van der Waals surface area contributed by atoms with Crippen molar-refractivity contribution in [3.05, 3.63) is 108 Å². The van der Waals surface area contributed by atoms with E-state index in [-0.39, 0.29) is 9.48 Å². The lowest BCUT2D eigenvalue weighted by molar-refractivity contribution is 0.486. The molecule has 3 aromatic rings. The Hall–Kier alpha value is -0.950. The maximum absolute atomic E-state index is 4.30. The predicted molar refractivity (Wildman–Crippen MR) is 116 cm³/mol. The molecule has 2 atom stereocenters. The van der Waals surface area contributed by atoms with Crippen LogP contribution in [0.3, 0.4) is 0 Å². The van der Waals surface area contributed by atoms with Crippen LogP contribution >= 0.6 is 38.0 Å². The summed E-state index contributed by atoms with van der Waals surface area (Å²) in [6.07, 6.45) is 2.30. The van der Waals surface area contributed by atoms with E-state index in [1.807, 2.05) is 0 Å². The average Bonchev–Trinajstić information content (AvgIpc) is 2.97. The van der Waals surface area contributed by atoms with Crippen LogP contribution in [0, 0.1) is 0 Å². The SMILES string of the molecule is BrP1CCC(c2ccccc2)(c2ccccc2)C1(Br)c1ccccc1. The molecule has 0 amide bonds. The molecule has 0 N–H and O–H groups in total. The predicted octanol–water partition coefficient (Wildman–Crippen LogP) is 7.42. The Morgan fingerprint density at radius 1 is 0.640 bits per heavy atom. The van der Waals surface area contributed by atoms with E-state index in [0.717, 1.165) is 6.42 Å². The lowest BCUT2D eigenvalue weighted by Gasteiger charge is -2.45. The molecule has 1 heterocycles. The van der Waals surface area contributed by atoms with Crippen LogP contribution in [-0.4, -0.2) is 6.16 Å². The van der Waals surface area contributed by atoms with Gasteiger partial charge in [0.25, 0.3) is 0 Å². The minimum Gasteiger partial charge on any atom is -0.0727 e. The van der Waals surface area contributed by atoms with Crippen molar-refractivity contribution in [2.24, 2.45) is 0 Å². The quantitative estimate of drug-likeness (QED) is 0.274. The second-order valence-corrected chi connectivity index (χ2v) is 12.7. The van der Waals surface area contributed by atoms with Gasteiger partial charge < -0.3 is 0 Å². The first-order chi connectivity index (χ1) is 12.2. The van der Waals surface area contributed by atoms with E-state index in [2.05, 4.69) is 122 Å². The third-order valence-electron chi connectivity index (χ3n) is 5.27. The van der Waals surface area contributed by atoms with Crippen LogP contribution in [0.15, 0.2) is 91.0 Å². The molecule has 126 valence electrons. The number of benzene rings is 3. The van der Waals surface area contributed by atoms with Crippen LogP contribution in [0.1, 0.15) is 23.1 Å². The summed E-state index contributed by atoms with van der Waals surface area (Å²) in [4.78, 5) is 0. The summed E-state index contributed by atoms with van der Waals surface area (Å²) in [6, 6.07) is 32.9. The summed E-state index contributed by atoms with van der Waals surface area (Å²) in [5.41, 5.74) is 4.02. The zero-order chi connectivity index (χ0) is 17.3. The summed E-state index contributed by atoms with van der Waals surface area (Å²) in [6.45, 7) is -0.393. The van der Waals surface area contributed by atoms with E-state index in [4.69, 9.17) is 0 Å². The van der Waals surface area contributed by atoms with Crippen molar-refractivity contribution in [2.75, 3.05) is 6.16 Å². The molecule has 1 fully saturated rings. The van der Waals surface area contributed by atoms with Crippen molar-refractivity contribution in [2.45, 2.75) is 15.9 Å². The maximum Gasteiger partial charge on any atom is 0.0937 e. The molecule has 1 aliphatic heterocycles. The molecule has 2 unspecified atom stereocenters. The first kappa shape index (κ1) is 17.5. The normalized spacial score (nSPS) is 25.0. The van der Waals surface area contributed by atoms with Crippen LogP contribution in [0.2, 0.25) is 0 Å². The van der Waals surface area contributed by atoms with Gasteiger partial charge in [0.05, 0.1) is 4.07 Å². The highest BCUT2D eigenvalue weighted by molar-refractivity contribution is 9.40. The van der Waals surface area contributed by atoms with E-state index in [9.17, 15) is 0 Å². The van der Waals surface area contributed by atoms with E-state index >= 15 is 0 Å². The molecule has 0 nitrogen and oxygen atoms in total. The van der Waals surface area contributed by atoms with Gasteiger partial charge in [-0.15, -0.1) is 0 Å². The van der Waals surface area contributed by atoms with Crippen molar-refractivity contribution in [1.29, 1.82) is 0 Å². The Kier molecular flexibility index (Phi) is 4.88. The van der Waals surface area contributed by atoms with Gasteiger partial charge in [0.1, 0.15) is 0 Å². The molecule has 0 aliphatic carbocycles. The molecule has 25 heavy (non-hydrogen) atoms. The van der Waals surface area contributed by atoms with E-state index in [1.165, 1.54) is 22.9 Å². The molecule has 0 aromatic heterocycles. The van der Waals surface area contributed by atoms with Crippen LogP contribution in [0.4, 0.5) is 0 Å². The summed E-state index contributed by atoms with van der Waals surface area (Å²) in [5.74, 6) is 0. The van der Waals surface area contributed by atoms with E-state index in [1.54, 1.807) is 0 Å². The van der Waals surface area contributed by atoms with Crippen LogP contribution < -0.4 is 0 Å². The molecular weight excluding hydrogens is 455 g/mol. The molecule has 0 saturated carbocycles. The summed E-state index contributed by atoms with van der Waals surface area (Å²) < 4.78 is -0.140. The number of hydrogen-bond donors (Lipinski definition) is 0. The molecule has 1 aliphatic rings. The Morgan fingerprint density at radius 2 is 1.04 bits per heavy atom. The Balaban J connectivity index is 2.04. The van der Waals surface area contributed by atoms with Crippen molar-refractivity contribution >= 4 is 38.0 Å². The average molecular weight is 474 g/mol. The van der Waals surface area contributed by atoms with Gasteiger partial charge in [-0.1, -0.05) is 122 Å². The monoisotopic (exact) mass is 472 g/mol. The Morgan fingerprint density at radius 3 is 1.48 bits per heavy atom. The summed E-state index contributed by atoms with van der Waals surface area (Å²) in [5, 5.41) is 0. The first-order valence-electron chi connectivity index (χ1n) is 8.48. The third kappa shape index (κ3) is 2.65. The van der Waals surface area contributed by atoms with E-state index < -0.39 is 6.62 Å². The number of alkyl halides is 1. The van der Waals surface area contributed by atoms with Crippen molar-refractivity contribution < 1.29 is 0 Å². The number of hydrogen-bond acceptors (Lipinski definition) is 0. The van der Waals surface area contributed by atoms with Gasteiger partial charge in [-0.05, 0) is 35.9 Å². The Labute approximate surface area is 167 Å². The summed E-state index contributed by atoms with van der Waals surface area (Å²) >= 11 is 8.38. The smallest absolute Gasteiger partial charge is 0.0727 e. The fourth-order valence-corrected chi connectivity index (χ4v) is 9.68. The van der Waals surface area contributed by atoms with Crippen molar-refractivity contribution in [3.63, 3.8) is 0 Å². The van der Waals surface area contributed by atoms with Crippen molar-refractivity contribution in [1.82, 2.24) is 0 Å². The van der Waals surface area contributed by atoms with Crippen molar-refractivity contribution in [3.8, 4) is 0 Å². The minimum atomic E-state index is -0.393. The fraction of sp³-hybridized carbons (Fsp3) is 0.182. The van der Waals surface area contributed by atoms with E-state index in [0.29, 0.717) is 0 Å². The minimum absolute atomic E-state index is 0.0912. The van der Waals surface area contributed by atoms with Crippen LogP contribution in [-0.2, 0) is 9.48 Å². The topological polar surface area (TPSA) is 0 Å². The number of rotatable bonds is 3. The highest BCUT2D eigenvalue weighted by Gasteiger charge is 2.60. The fourth-order valence-electron chi connectivity index (χ4n) is 4.12. The zero-order valence-electron chi connectivity index (χ0n) is 13.8. The molecule has 0 spiro atoms. The summed E-state index contributed by atoms with van der Waals surface area (Å²) in [7, 11) is 0. The van der Waals surface area contributed by atoms with Gasteiger partial charge in [0, 0.05) is 5.41 Å². The lowest BCUT2D eigenvalue weighted by Crippen LogP contribution is -2.40. The van der Waals surface area contributed by atoms with Gasteiger partial charge in [-0.3, -0.25) is 0 Å². The number of halogens is 2. The first-order valence-corrected chi connectivity index (χ1v) is 12.8. The highest BCUT2D eigenvalue weighted by Crippen LogP contribution is 2.79. The molecular formula is C22H19Br2P. The molecule has 0 bridgehead atoms. The third-order valence-corrected chi connectivity index (χ3v) is 13.7. The molecule has 3 heteroatoms. The standard InChI is InChI=1S/C22H19Br2P/c23-22(20-14-8-3-9-15-20)21(16-17-25(22)24,18-10-4-1-5-11-18)19-12-6-2-7-13-19/h1-15H,16-17H2. The second-order valence-electron chi connectivity index (χ2n) is 6.46. The molecule has 3 aromatic carbocycles. The second kappa shape index (κ2) is 6.99. The highest BCUT2D eigenvalue weighted by atomic mass is 79.9. The van der Waals surface area contributed by atoms with Gasteiger partial charge in [0.15, 0.2) is 0 Å². The van der Waals surface area contributed by atoms with Crippen LogP contribution in [0.25, 0.3) is 0 Å². The van der Waals surface area contributed by atoms with Crippen LogP contribution in [0.5, 0.6) is 0 Å². The maximum atomic E-state index is 4.30. The lowest BCUT2D eigenvalue weighted by atomic mass is 9.68. The van der Waals surface area contributed by atoms with Gasteiger partial charge in [-0.2, -0.15) is 0 Å². The zero-order valence-corrected chi connectivity index (χ0v) is 17.8. The van der Waals surface area contributed by atoms with Gasteiger partial charge in [-0.25, -0.2) is 0 Å². The van der Waals surface area contributed by atoms with Gasteiger partial charge >= 0.3 is 0 Å². The van der Waals surface area contributed by atoms with Gasteiger partial charge in [0.2, 0.25) is 0 Å². The molecule has 1 saturated heterocycles. The molecule has 0 radical (unpaired) electrons. The largest absolute Gasteiger partial charge is 0.0937 e.